The summed E-state index contributed by atoms with van der Waals surface area (Å²) in [5.41, 5.74) is 2.72. The number of carbonyl (C=O) groups is 1. The number of hydrogen-bond acceptors (Lipinski definition) is 7. The molecule has 1 saturated heterocycles. The largest absolute Gasteiger partial charge is 0.342 e. The standard InChI is InChI=1S/C20H26N8OS/c1-11-15(12(2)28-19(21-11)23-20(26-28)30-3)10-16(29)27-8-6-14(7-9-27)18-22-17(24-25-18)13-4-5-13/h13-14H,4-10H2,1-3H3,(H,22,24,25). The van der Waals surface area contributed by atoms with Gasteiger partial charge in [0.05, 0.1) is 6.42 Å². The summed E-state index contributed by atoms with van der Waals surface area (Å²) in [6, 6.07) is 0. The second kappa shape index (κ2) is 7.64. The number of aryl methyl sites for hydroxylation is 2. The number of fused-ring (bicyclic) bond motifs is 1. The predicted molar refractivity (Wildman–Crippen MR) is 113 cm³/mol. The Morgan fingerprint density at radius 1 is 1.10 bits per heavy atom. The molecule has 0 unspecified atom stereocenters. The highest BCUT2D eigenvalue weighted by Crippen LogP contribution is 2.38. The third-order valence-corrected chi connectivity index (χ3v) is 6.78. The Kier molecular flexibility index (Phi) is 4.96. The first-order valence-electron chi connectivity index (χ1n) is 10.5. The van der Waals surface area contributed by atoms with E-state index in [1.807, 2.05) is 25.0 Å². The molecule has 0 bridgehead atoms. The zero-order valence-electron chi connectivity index (χ0n) is 17.6. The molecule has 0 atom stereocenters. The molecule has 10 heteroatoms. The van der Waals surface area contributed by atoms with E-state index in [2.05, 4.69) is 25.3 Å². The summed E-state index contributed by atoms with van der Waals surface area (Å²) in [6.45, 7) is 5.42. The van der Waals surface area contributed by atoms with Crippen molar-refractivity contribution >= 4 is 23.4 Å². The average Bonchev–Trinajstić information content (AvgIpc) is 3.33. The first-order chi connectivity index (χ1) is 14.5. The van der Waals surface area contributed by atoms with Crippen molar-refractivity contribution in [3.8, 4) is 0 Å². The van der Waals surface area contributed by atoms with E-state index in [1.165, 1.54) is 24.6 Å². The lowest BCUT2D eigenvalue weighted by Gasteiger charge is -2.31. The molecule has 158 valence electrons. The fraction of sp³-hybridized carbons (Fsp3) is 0.600. The van der Waals surface area contributed by atoms with Gasteiger partial charge in [-0.25, -0.2) is 14.5 Å². The third kappa shape index (κ3) is 3.57. The van der Waals surface area contributed by atoms with Gasteiger partial charge >= 0.3 is 0 Å². The minimum atomic E-state index is 0.141. The molecule has 0 spiro atoms. The molecule has 1 aliphatic carbocycles. The van der Waals surface area contributed by atoms with Crippen molar-refractivity contribution in [1.82, 2.24) is 39.7 Å². The average molecular weight is 427 g/mol. The lowest BCUT2D eigenvalue weighted by Crippen LogP contribution is -2.39. The summed E-state index contributed by atoms with van der Waals surface area (Å²) in [4.78, 5) is 28.7. The first kappa shape index (κ1) is 19.5. The van der Waals surface area contributed by atoms with Gasteiger partial charge < -0.3 is 4.90 Å². The van der Waals surface area contributed by atoms with Gasteiger partial charge in [0, 0.05) is 41.9 Å². The molecule has 1 amide bonds. The van der Waals surface area contributed by atoms with Gasteiger partial charge in [0.2, 0.25) is 11.1 Å². The molecular formula is C20H26N8OS. The molecule has 5 rings (SSSR count). The molecule has 0 radical (unpaired) electrons. The lowest BCUT2D eigenvalue weighted by molar-refractivity contribution is -0.131. The van der Waals surface area contributed by atoms with Crippen LogP contribution in [0.4, 0.5) is 0 Å². The highest BCUT2D eigenvalue weighted by Gasteiger charge is 2.31. The second-order valence-corrected chi connectivity index (χ2v) is 9.03. The molecule has 9 nitrogen and oxygen atoms in total. The molecular weight excluding hydrogens is 400 g/mol. The maximum Gasteiger partial charge on any atom is 0.253 e. The van der Waals surface area contributed by atoms with Crippen LogP contribution in [0.2, 0.25) is 0 Å². The van der Waals surface area contributed by atoms with Crippen molar-refractivity contribution in [2.24, 2.45) is 0 Å². The van der Waals surface area contributed by atoms with E-state index in [-0.39, 0.29) is 5.91 Å². The van der Waals surface area contributed by atoms with Crippen LogP contribution in [0.1, 0.15) is 66.1 Å². The lowest BCUT2D eigenvalue weighted by atomic mass is 9.95. The topological polar surface area (TPSA) is 105 Å². The molecule has 3 aromatic heterocycles. The van der Waals surface area contributed by atoms with Gasteiger partial charge in [-0.1, -0.05) is 11.8 Å². The molecule has 1 aliphatic heterocycles. The van der Waals surface area contributed by atoms with Gasteiger partial charge in [-0.2, -0.15) is 10.1 Å². The van der Waals surface area contributed by atoms with Crippen LogP contribution in [0.15, 0.2) is 5.16 Å². The maximum atomic E-state index is 13.0. The van der Waals surface area contributed by atoms with Gasteiger partial charge in [0.15, 0.2) is 5.82 Å². The Bertz CT molecular complexity index is 1090. The Morgan fingerprint density at radius 3 is 2.57 bits per heavy atom. The van der Waals surface area contributed by atoms with E-state index in [9.17, 15) is 4.79 Å². The second-order valence-electron chi connectivity index (χ2n) is 8.26. The van der Waals surface area contributed by atoms with Gasteiger partial charge in [0.25, 0.3) is 5.78 Å². The molecule has 0 aromatic carbocycles. The number of rotatable bonds is 5. The zero-order chi connectivity index (χ0) is 20.8. The quantitative estimate of drug-likeness (QED) is 0.625. The highest BCUT2D eigenvalue weighted by atomic mass is 32.2. The number of H-pyrrole nitrogens is 1. The minimum Gasteiger partial charge on any atom is -0.342 e. The van der Waals surface area contributed by atoms with Crippen molar-refractivity contribution in [2.75, 3.05) is 19.3 Å². The number of amides is 1. The Labute approximate surface area is 179 Å². The van der Waals surface area contributed by atoms with Gasteiger partial charge in [-0.05, 0) is 45.8 Å². The Morgan fingerprint density at radius 2 is 1.87 bits per heavy atom. The van der Waals surface area contributed by atoms with E-state index >= 15 is 0 Å². The minimum absolute atomic E-state index is 0.141. The molecule has 1 saturated carbocycles. The summed E-state index contributed by atoms with van der Waals surface area (Å²) in [6.07, 6.45) is 6.53. The summed E-state index contributed by atoms with van der Waals surface area (Å²) in [5.74, 6) is 3.60. The van der Waals surface area contributed by atoms with Crippen molar-refractivity contribution in [2.45, 2.75) is 62.9 Å². The monoisotopic (exact) mass is 426 g/mol. The molecule has 4 heterocycles. The maximum absolute atomic E-state index is 13.0. The third-order valence-electron chi connectivity index (χ3n) is 6.24. The zero-order valence-corrected chi connectivity index (χ0v) is 18.4. The van der Waals surface area contributed by atoms with E-state index < -0.39 is 0 Å². The fourth-order valence-electron chi connectivity index (χ4n) is 4.19. The number of likely N-dealkylation sites (tertiary alicyclic amines) is 1. The fourth-order valence-corrected chi connectivity index (χ4v) is 4.53. The summed E-state index contributed by atoms with van der Waals surface area (Å²) in [5, 5.41) is 12.7. The van der Waals surface area contributed by atoms with E-state index in [0.29, 0.717) is 29.2 Å². The molecule has 2 fully saturated rings. The van der Waals surface area contributed by atoms with Gasteiger partial charge in [-0.3, -0.25) is 9.89 Å². The number of hydrogen-bond donors (Lipinski definition) is 1. The van der Waals surface area contributed by atoms with Crippen LogP contribution in [-0.4, -0.2) is 64.9 Å². The number of aromatic amines is 1. The number of nitrogens with one attached hydrogen (secondary N) is 1. The highest BCUT2D eigenvalue weighted by molar-refractivity contribution is 7.98. The van der Waals surface area contributed by atoms with E-state index in [1.54, 1.807) is 4.52 Å². The van der Waals surface area contributed by atoms with Crippen molar-refractivity contribution in [1.29, 1.82) is 0 Å². The van der Waals surface area contributed by atoms with Crippen LogP contribution in [0.25, 0.3) is 5.78 Å². The number of aromatic nitrogens is 7. The number of nitrogens with zero attached hydrogens (tertiary/aromatic N) is 7. The number of carbonyl (C=O) groups excluding carboxylic acids is 1. The Hall–Kier alpha value is -2.49. The summed E-state index contributed by atoms with van der Waals surface area (Å²) < 4.78 is 1.75. The van der Waals surface area contributed by atoms with E-state index in [0.717, 1.165) is 54.5 Å². The van der Waals surface area contributed by atoms with Gasteiger partial charge in [-0.15, -0.1) is 5.10 Å². The number of piperidine rings is 1. The normalized spacial score (nSPS) is 17.8. The van der Waals surface area contributed by atoms with Crippen LogP contribution in [0, 0.1) is 13.8 Å². The van der Waals surface area contributed by atoms with Crippen molar-refractivity contribution < 1.29 is 4.79 Å². The van der Waals surface area contributed by atoms with Crippen LogP contribution in [0.3, 0.4) is 0 Å². The number of thioether (sulfide) groups is 1. The van der Waals surface area contributed by atoms with Crippen molar-refractivity contribution in [3.05, 3.63) is 28.6 Å². The molecule has 30 heavy (non-hydrogen) atoms. The van der Waals surface area contributed by atoms with Gasteiger partial charge in [0.1, 0.15) is 5.82 Å². The van der Waals surface area contributed by atoms with Crippen molar-refractivity contribution in [3.63, 3.8) is 0 Å². The van der Waals surface area contributed by atoms with Crippen LogP contribution in [0.5, 0.6) is 0 Å². The van der Waals surface area contributed by atoms with E-state index in [4.69, 9.17) is 4.98 Å². The summed E-state index contributed by atoms with van der Waals surface area (Å²) >= 11 is 1.49. The first-order valence-corrected chi connectivity index (χ1v) is 11.7. The SMILES string of the molecule is CSc1nc2nc(C)c(CC(=O)N3CCC(c4nc(C5CC5)n[nH]4)CC3)c(C)n2n1. The molecule has 1 N–H and O–H groups in total. The Balaban J connectivity index is 1.26. The molecule has 2 aliphatic rings. The van der Waals surface area contributed by atoms with Crippen LogP contribution < -0.4 is 0 Å². The van der Waals surface area contributed by atoms with Crippen LogP contribution in [-0.2, 0) is 11.2 Å². The predicted octanol–water partition coefficient (Wildman–Crippen LogP) is 2.41. The summed E-state index contributed by atoms with van der Waals surface area (Å²) in [7, 11) is 0. The van der Waals surface area contributed by atoms with Crippen LogP contribution >= 0.6 is 11.8 Å². The smallest absolute Gasteiger partial charge is 0.253 e. The molecule has 3 aromatic rings.